The van der Waals surface area contributed by atoms with E-state index < -0.39 is 0 Å². The minimum Gasteiger partial charge on any atom is -0.310 e. The van der Waals surface area contributed by atoms with Crippen LogP contribution in [0.15, 0.2) is 133 Å². The van der Waals surface area contributed by atoms with Gasteiger partial charge in [0.15, 0.2) is 0 Å². The zero-order chi connectivity index (χ0) is 32.2. The van der Waals surface area contributed by atoms with Gasteiger partial charge in [-0.2, -0.15) is 0 Å². The molecule has 0 N–H and O–H groups in total. The van der Waals surface area contributed by atoms with Gasteiger partial charge in [-0.1, -0.05) is 95.1 Å². The molecular weight excluding hydrogens is 556 g/mol. The first-order chi connectivity index (χ1) is 22.2. The van der Waals surface area contributed by atoms with Crippen molar-refractivity contribution in [2.45, 2.75) is 41.5 Å². The molecule has 0 fully saturated rings. The quantitative estimate of drug-likeness (QED) is 0.161. The van der Waals surface area contributed by atoms with E-state index in [1.165, 1.54) is 55.9 Å². The molecule has 6 aromatic rings. The number of benzene rings is 6. The lowest BCUT2D eigenvalue weighted by Crippen LogP contribution is -2.11. The van der Waals surface area contributed by atoms with Gasteiger partial charge in [0.2, 0.25) is 0 Å². The fourth-order valence-electron chi connectivity index (χ4n) is 5.89. The van der Waals surface area contributed by atoms with E-state index in [0.717, 1.165) is 22.7 Å². The largest absolute Gasteiger partial charge is 0.310 e. The van der Waals surface area contributed by atoms with E-state index in [1.807, 2.05) is 0 Å². The van der Waals surface area contributed by atoms with Gasteiger partial charge in [0.05, 0.1) is 0 Å². The van der Waals surface area contributed by atoms with Crippen molar-refractivity contribution in [1.29, 1.82) is 0 Å². The maximum absolute atomic E-state index is 2.34. The SMILES string of the molecule is Cc1ccc(N(c2ccc(C)cc2)c2ccc(C=Cc3ccc(N(c4ccc(C)cc4)c4ccc(C)cc4)c(C)c3)cc2C)cc1. The molecule has 0 saturated carbocycles. The molecule has 0 aromatic heterocycles. The highest BCUT2D eigenvalue weighted by Gasteiger charge is 2.16. The van der Waals surface area contributed by atoms with Gasteiger partial charge in [0.25, 0.3) is 0 Å². The van der Waals surface area contributed by atoms with Gasteiger partial charge in [-0.05, 0) is 137 Å². The molecule has 0 aliphatic carbocycles. The van der Waals surface area contributed by atoms with E-state index >= 15 is 0 Å². The highest BCUT2D eigenvalue weighted by Crippen LogP contribution is 2.39. The van der Waals surface area contributed by atoms with Crippen LogP contribution in [0.5, 0.6) is 0 Å². The van der Waals surface area contributed by atoms with Crippen molar-refractivity contribution in [2.24, 2.45) is 0 Å². The minimum atomic E-state index is 1.15. The lowest BCUT2D eigenvalue weighted by atomic mass is 10.0. The highest BCUT2D eigenvalue weighted by atomic mass is 15.1. The molecule has 0 aliphatic rings. The van der Waals surface area contributed by atoms with Gasteiger partial charge in [-0.15, -0.1) is 0 Å². The molecule has 2 nitrogen and oxygen atoms in total. The summed E-state index contributed by atoms with van der Waals surface area (Å²) in [5, 5.41) is 0. The number of aryl methyl sites for hydroxylation is 6. The zero-order valence-electron chi connectivity index (χ0n) is 27.8. The van der Waals surface area contributed by atoms with Gasteiger partial charge in [0, 0.05) is 34.1 Å². The molecule has 0 atom stereocenters. The van der Waals surface area contributed by atoms with Crippen molar-refractivity contribution in [3.05, 3.63) is 178 Å². The van der Waals surface area contributed by atoms with Crippen LogP contribution in [0.3, 0.4) is 0 Å². The Hall–Kier alpha value is -5.34. The number of anilines is 6. The van der Waals surface area contributed by atoms with E-state index in [4.69, 9.17) is 0 Å². The van der Waals surface area contributed by atoms with Crippen molar-refractivity contribution in [3.8, 4) is 0 Å². The highest BCUT2D eigenvalue weighted by molar-refractivity contribution is 5.82. The standard InChI is InChI=1S/C44H42N2/c1-31-7-19-39(20-8-31)45(40-21-9-32(2)10-22-40)43-27-17-37(29-35(43)5)15-16-38-18-28-44(36(6)30-38)46(41-23-11-33(3)12-24-41)42-25-13-34(4)14-26-42/h7-30H,1-6H3. The monoisotopic (exact) mass is 598 g/mol. The molecule has 0 bridgehead atoms. The van der Waals surface area contributed by atoms with Gasteiger partial charge >= 0.3 is 0 Å². The Balaban J connectivity index is 1.29. The Morgan fingerprint density at radius 1 is 0.326 bits per heavy atom. The second kappa shape index (κ2) is 13.3. The molecule has 6 aromatic carbocycles. The van der Waals surface area contributed by atoms with Crippen LogP contribution in [0.1, 0.15) is 44.5 Å². The molecule has 0 spiro atoms. The molecule has 6 rings (SSSR count). The van der Waals surface area contributed by atoms with Crippen LogP contribution in [0.25, 0.3) is 12.2 Å². The van der Waals surface area contributed by atoms with E-state index in [1.54, 1.807) is 0 Å². The Bertz CT molecular complexity index is 1730. The summed E-state index contributed by atoms with van der Waals surface area (Å²) in [5.74, 6) is 0. The van der Waals surface area contributed by atoms with Gasteiger partial charge in [0.1, 0.15) is 0 Å². The van der Waals surface area contributed by atoms with Crippen molar-refractivity contribution in [3.63, 3.8) is 0 Å². The normalized spacial score (nSPS) is 11.2. The van der Waals surface area contributed by atoms with Crippen molar-refractivity contribution >= 4 is 46.3 Å². The summed E-state index contributed by atoms with van der Waals surface area (Å²) in [6.45, 7) is 12.9. The smallest absolute Gasteiger partial charge is 0.0491 e. The average molecular weight is 599 g/mol. The number of hydrogen-bond acceptors (Lipinski definition) is 2. The average Bonchev–Trinajstić information content (AvgIpc) is 3.05. The van der Waals surface area contributed by atoms with Crippen LogP contribution in [-0.4, -0.2) is 0 Å². The first-order valence-corrected chi connectivity index (χ1v) is 16.0. The molecule has 228 valence electrons. The third-order valence-corrected chi connectivity index (χ3v) is 8.56. The van der Waals surface area contributed by atoms with Crippen molar-refractivity contribution in [2.75, 3.05) is 9.80 Å². The fourth-order valence-corrected chi connectivity index (χ4v) is 5.89. The Morgan fingerprint density at radius 2 is 0.587 bits per heavy atom. The summed E-state index contributed by atoms with van der Waals surface area (Å²) >= 11 is 0. The third kappa shape index (κ3) is 6.82. The Morgan fingerprint density at radius 3 is 0.826 bits per heavy atom. The van der Waals surface area contributed by atoms with Gasteiger partial charge in [-0.3, -0.25) is 0 Å². The summed E-state index contributed by atoms with van der Waals surface area (Å²) in [6, 6.07) is 48.5. The molecule has 46 heavy (non-hydrogen) atoms. The predicted octanol–water partition coefficient (Wildman–Crippen LogP) is 12.6. The number of rotatable bonds is 8. The summed E-state index contributed by atoms with van der Waals surface area (Å²) in [5.41, 5.74) is 16.8. The lowest BCUT2D eigenvalue weighted by Gasteiger charge is -2.27. The maximum atomic E-state index is 2.34. The fraction of sp³-hybridized carbons (Fsp3) is 0.136. The zero-order valence-corrected chi connectivity index (χ0v) is 27.8. The van der Waals surface area contributed by atoms with Crippen LogP contribution in [-0.2, 0) is 0 Å². The number of nitrogens with zero attached hydrogens (tertiary/aromatic N) is 2. The van der Waals surface area contributed by atoms with Gasteiger partial charge in [-0.25, -0.2) is 0 Å². The predicted molar refractivity (Wildman–Crippen MR) is 200 cm³/mol. The van der Waals surface area contributed by atoms with E-state index in [9.17, 15) is 0 Å². The molecule has 0 amide bonds. The summed E-state index contributed by atoms with van der Waals surface area (Å²) in [4.78, 5) is 4.69. The second-order valence-corrected chi connectivity index (χ2v) is 12.4. The molecular formula is C44H42N2. The summed E-state index contributed by atoms with van der Waals surface area (Å²) in [7, 11) is 0. The maximum Gasteiger partial charge on any atom is 0.0491 e. The topological polar surface area (TPSA) is 6.48 Å². The van der Waals surface area contributed by atoms with Crippen LogP contribution in [0, 0.1) is 41.5 Å². The Labute approximate surface area is 274 Å². The van der Waals surface area contributed by atoms with E-state index in [-0.39, 0.29) is 0 Å². The second-order valence-electron chi connectivity index (χ2n) is 12.4. The van der Waals surface area contributed by atoms with E-state index in [2.05, 4.69) is 197 Å². The molecule has 0 saturated heterocycles. The minimum absolute atomic E-state index is 1.15. The van der Waals surface area contributed by atoms with E-state index in [0.29, 0.717) is 0 Å². The Kier molecular flexibility index (Phi) is 8.90. The molecule has 0 aliphatic heterocycles. The van der Waals surface area contributed by atoms with Crippen LogP contribution < -0.4 is 9.80 Å². The van der Waals surface area contributed by atoms with Crippen LogP contribution >= 0.6 is 0 Å². The summed E-state index contributed by atoms with van der Waals surface area (Å²) in [6.07, 6.45) is 4.43. The molecule has 0 radical (unpaired) electrons. The molecule has 0 heterocycles. The van der Waals surface area contributed by atoms with Gasteiger partial charge < -0.3 is 9.80 Å². The van der Waals surface area contributed by atoms with Crippen molar-refractivity contribution in [1.82, 2.24) is 0 Å². The first kappa shape index (κ1) is 30.7. The van der Waals surface area contributed by atoms with Crippen LogP contribution in [0.4, 0.5) is 34.1 Å². The van der Waals surface area contributed by atoms with Crippen LogP contribution in [0.2, 0.25) is 0 Å². The lowest BCUT2D eigenvalue weighted by molar-refractivity contribution is 1.24. The third-order valence-electron chi connectivity index (χ3n) is 8.56. The number of hydrogen-bond donors (Lipinski definition) is 0. The molecule has 0 unspecified atom stereocenters. The summed E-state index contributed by atoms with van der Waals surface area (Å²) < 4.78 is 0. The first-order valence-electron chi connectivity index (χ1n) is 16.0. The van der Waals surface area contributed by atoms with Crippen molar-refractivity contribution < 1.29 is 0 Å². The molecule has 2 heteroatoms.